The summed E-state index contributed by atoms with van der Waals surface area (Å²) in [6.45, 7) is 5.15. The number of pyridine rings is 1. The van der Waals surface area contributed by atoms with Crippen LogP contribution in [-0.2, 0) is 11.3 Å². The second-order valence-electron chi connectivity index (χ2n) is 6.95. The third kappa shape index (κ3) is 4.25. The van der Waals surface area contributed by atoms with E-state index in [0.29, 0.717) is 24.8 Å². The highest BCUT2D eigenvalue weighted by Gasteiger charge is 2.23. The molecule has 6 heteroatoms. The van der Waals surface area contributed by atoms with Gasteiger partial charge in [0.05, 0.1) is 0 Å². The predicted octanol–water partition coefficient (Wildman–Crippen LogP) is 2.27. The summed E-state index contributed by atoms with van der Waals surface area (Å²) in [6.07, 6.45) is 1.76. The van der Waals surface area contributed by atoms with Gasteiger partial charge in [-0.05, 0) is 50.5 Å². The number of piperidine rings is 1. The first kappa shape index (κ1) is 18.0. The molecule has 6 nitrogen and oxygen atoms in total. The molecule has 1 aromatic heterocycles. The van der Waals surface area contributed by atoms with E-state index in [1.165, 1.54) is 16.2 Å². The first-order valence-electron chi connectivity index (χ1n) is 8.94. The topological polar surface area (TPSA) is 74.6 Å². The maximum absolute atomic E-state index is 12.5. The summed E-state index contributed by atoms with van der Waals surface area (Å²) in [5, 5.41) is 13.0. The van der Waals surface area contributed by atoms with Crippen molar-refractivity contribution in [3.63, 3.8) is 0 Å². The lowest BCUT2D eigenvalue weighted by Crippen LogP contribution is -2.44. The lowest BCUT2D eigenvalue weighted by atomic mass is 10.0. The smallest absolute Gasteiger partial charge is 0.254 e. The summed E-state index contributed by atoms with van der Waals surface area (Å²) in [6, 6.07) is 11.3. The average Bonchev–Trinajstić information content (AvgIpc) is 2.58. The molecule has 1 amide bonds. The molecule has 0 unspecified atom stereocenters. The normalized spacial score (nSPS) is 15.1. The van der Waals surface area contributed by atoms with E-state index in [4.69, 9.17) is 0 Å². The third-order valence-electron chi connectivity index (χ3n) is 4.85. The number of aryl methyl sites for hydroxylation is 2. The Hall–Kier alpha value is -2.76. The van der Waals surface area contributed by atoms with Gasteiger partial charge in [0, 0.05) is 36.6 Å². The number of aromatic hydroxyl groups is 1. The first-order chi connectivity index (χ1) is 12.4. The fourth-order valence-electron chi connectivity index (χ4n) is 3.39. The Balaban J connectivity index is 1.56. The van der Waals surface area contributed by atoms with Crippen molar-refractivity contribution in [2.75, 3.05) is 18.4 Å². The average molecular weight is 355 g/mol. The van der Waals surface area contributed by atoms with Gasteiger partial charge in [-0.25, -0.2) is 0 Å². The first-order valence-corrected chi connectivity index (χ1v) is 8.94. The van der Waals surface area contributed by atoms with Gasteiger partial charge in [-0.2, -0.15) is 0 Å². The number of carbonyl (C=O) groups is 1. The number of benzene rings is 1. The van der Waals surface area contributed by atoms with Crippen LogP contribution < -0.4 is 10.9 Å². The van der Waals surface area contributed by atoms with Crippen molar-refractivity contribution in [3.8, 4) is 5.75 Å². The van der Waals surface area contributed by atoms with Crippen molar-refractivity contribution in [2.24, 2.45) is 0 Å². The summed E-state index contributed by atoms with van der Waals surface area (Å²) < 4.78 is 1.40. The molecule has 0 spiro atoms. The minimum Gasteiger partial charge on any atom is -0.508 e. The van der Waals surface area contributed by atoms with Crippen LogP contribution in [0.15, 0.2) is 41.2 Å². The van der Waals surface area contributed by atoms with Crippen LogP contribution in [-0.4, -0.2) is 39.6 Å². The van der Waals surface area contributed by atoms with Crippen molar-refractivity contribution >= 4 is 11.6 Å². The standard InChI is InChI=1S/C20H25N3O3/c1-14-4-3-5-17(10-14)21-16-6-8-22(9-7-16)20(26)13-23-15(2)11-18(24)12-19(23)25/h3-5,10-12,16,21,24H,6-9,13H2,1-2H3. The van der Waals surface area contributed by atoms with Crippen molar-refractivity contribution in [2.45, 2.75) is 39.3 Å². The minimum absolute atomic E-state index is 0.0148. The fourth-order valence-corrected chi connectivity index (χ4v) is 3.39. The molecule has 2 N–H and O–H groups in total. The Morgan fingerprint density at radius 1 is 1.19 bits per heavy atom. The van der Waals surface area contributed by atoms with Gasteiger partial charge in [-0.15, -0.1) is 0 Å². The summed E-state index contributed by atoms with van der Waals surface area (Å²) in [7, 11) is 0. The molecule has 26 heavy (non-hydrogen) atoms. The van der Waals surface area contributed by atoms with Crippen molar-refractivity contribution in [1.82, 2.24) is 9.47 Å². The van der Waals surface area contributed by atoms with Crippen LogP contribution in [0, 0.1) is 13.8 Å². The summed E-state index contributed by atoms with van der Waals surface area (Å²) in [5.41, 5.74) is 2.56. The van der Waals surface area contributed by atoms with Gasteiger partial charge in [-0.3, -0.25) is 9.59 Å². The Kier molecular flexibility index (Phi) is 5.30. The van der Waals surface area contributed by atoms with Gasteiger partial charge in [0.15, 0.2) is 0 Å². The minimum atomic E-state index is -0.355. The second kappa shape index (κ2) is 7.64. The molecule has 0 saturated carbocycles. The van der Waals surface area contributed by atoms with E-state index in [1.807, 2.05) is 11.0 Å². The Morgan fingerprint density at radius 3 is 2.58 bits per heavy atom. The molecule has 1 fully saturated rings. The number of carbonyl (C=O) groups excluding carboxylic acids is 1. The molecule has 0 bridgehead atoms. The van der Waals surface area contributed by atoms with Gasteiger partial charge in [-0.1, -0.05) is 12.1 Å². The molecule has 1 aromatic carbocycles. The molecule has 1 aliphatic heterocycles. The number of nitrogens with zero attached hydrogens (tertiary/aromatic N) is 2. The SMILES string of the molecule is Cc1cccc(NC2CCN(C(=O)Cn3c(C)cc(O)cc3=O)CC2)c1. The molecule has 0 aliphatic carbocycles. The molecule has 1 aliphatic rings. The van der Waals surface area contributed by atoms with Gasteiger partial charge >= 0.3 is 0 Å². The number of anilines is 1. The largest absolute Gasteiger partial charge is 0.508 e. The second-order valence-corrected chi connectivity index (χ2v) is 6.95. The Bertz CT molecular complexity index is 852. The predicted molar refractivity (Wildman–Crippen MR) is 102 cm³/mol. The molecular weight excluding hydrogens is 330 g/mol. The van der Waals surface area contributed by atoms with Crippen LogP contribution in [0.2, 0.25) is 0 Å². The number of amides is 1. The van der Waals surface area contributed by atoms with Crippen LogP contribution in [0.1, 0.15) is 24.1 Å². The number of hydrogen-bond donors (Lipinski definition) is 2. The number of nitrogens with one attached hydrogen (secondary N) is 1. The fraction of sp³-hybridized carbons (Fsp3) is 0.400. The number of aromatic nitrogens is 1. The van der Waals surface area contributed by atoms with E-state index >= 15 is 0 Å². The lowest BCUT2D eigenvalue weighted by Gasteiger charge is -2.33. The molecule has 2 heterocycles. The highest BCUT2D eigenvalue weighted by Crippen LogP contribution is 2.18. The molecule has 3 rings (SSSR count). The lowest BCUT2D eigenvalue weighted by molar-refractivity contribution is -0.132. The summed E-state index contributed by atoms with van der Waals surface area (Å²) >= 11 is 0. The van der Waals surface area contributed by atoms with Crippen LogP contribution in [0.5, 0.6) is 5.75 Å². The van der Waals surface area contributed by atoms with E-state index < -0.39 is 0 Å². The zero-order valence-corrected chi connectivity index (χ0v) is 15.2. The zero-order chi connectivity index (χ0) is 18.7. The Labute approximate surface area is 153 Å². The van der Waals surface area contributed by atoms with Gasteiger partial charge in [0.1, 0.15) is 12.3 Å². The molecular formula is C20H25N3O3. The van der Waals surface area contributed by atoms with Crippen LogP contribution in [0.3, 0.4) is 0 Å². The number of hydrogen-bond acceptors (Lipinski definition) is 4. The maximum atomic E-state index is 12.5. The molecule has 0 atom stereocenters. The Morgan fingerprint density at radius 2 is 1.92 bits per heavy atom. The molecule has 0 radical (unpaired) electrons. The van der Waals surface area contributed by atoms with E-state index in [0.717, 1.165) is 24.6 Å². The van der Waals surface area contributed by atoms with E-state index in [1.54, 1.807) is 6.92 Å². The van der Waals surface area contributed by atoms with Gasteiger partial charge in [0.25, 0.3) is 5.56 Å². The number of rotatable bonds is 4. The quantitative estimate of drug-likeness (QED) is 0.882. The molecule has 138 valence electrons. The monoisotopic (exact) mass is 355 g/mol. The molecule has 2 aromatic rings. The van der Waals surface area contributed by atoms with E-state index in [2.05, 4.69) is 30.4 Å². The highest BCUT2D eigenvalue weighted by molar-refractivity contribution is 5.76. The van der Waals surface area contributed by atoms with E-state index in [-0.39, 0.29) is 23.8 Å². The van der Waals surface area contributed by atoms with Crippen molar-refractivity contribution < 1.29 is 9.90 Å². The van der Waals surface area contributed by atoms with Gasteiger partial charge < -0.3 is 19.9 Å². The third-order valence-corrected chi connectivity index (χ3v) is 4.85. The van der Waals surface area contributed by atoms with Crippen LogP contribution >= 0.6 is 0 Å². The van der Waals surface area contributed by atoms with Crippen LogP contribution in [0.25, 0.3) is 0 Å². The van der Waals surface area contributed by atoms with E-state index in [9.17, 15) is 14.7 Å². The summed E-state index contributed by atoms with van der Waals surface area (Å²) in [5.74, 6) is -0.130. The maximum Gasteiger partial charge on any atom is 0.254 e. The van der Waals surface area contributed by atoms with Gasteiger partial charge in [0.2, 0.25) is 5.91 Å². The number of likely N-dealkylation sites (tertiary alicyclic amines) is 1. The zero-order valence-electron chi connectivity index (χ0n) is 15.2. The highest BCUT2D eigenvalue weighted by atomic mass is 16.3. The summed E-state index contributed by atoms with van der Waals surface area (Å²) in [4.78, 5) is 26.3. The van der Waals surface area contributed by atoms with Crippen LogP contribution in [0.4, 0.5) is 5.69 Å². The van der Waals surface area contributed by atoms with Crippen molar-refractivity contribution in [1.29, 1.82) is 0 Å². The van der Waals surface area contributed by atoms with Crippen molar-refractivity contribution in [3.05, 3.63) is 58.0 Å². The molecule has 1 saturated heterocycles.